The number of esters is 3. The quantitative estimate of drug-likeness (QED) is 0.0262. The van der Waals surface area contributed by atoms with Gasteiger partial charge in [0.05, 0.1) is 0 Å². The lowest BCUT2D eigenvalue weighted by atomic mass is 10.0. The van der Waals surface area contributed by atoms with Crippen LogP contribution in [0.4, 0.5) is 0 Å². The third-order valence-corrected chi connectivity index (χ3v) is 12.4. The van der Waals surface area contributed by atoms with Gasteiger partial charge in [-0.3, -0.25) is 14.4 Å². The van der Waals surface area contributed by atoms with Crippen LogP contribution in [0.3, 0.4) is 0 Å². The molecule has 0 heterocycles. The van der Waals surface area contributed by atoms with Gasteiger partial charge >= 0.3 is 17.9 Å². The Balaban J connectivity index is 4.24. The van der Waals surface area contributed by atoms with Crippen LogP contribution < -0.4 is 0 Å². The van der Waals surface area contributed by atoms with Crippen LogP contribution in [0.1, 0.15) is 303 Å². The molecule has 0 rings (SSSR count). The highest BCUT2D eigenvalue weighted by Crippen LogP contribution is 2.17. The van der Waals surface area contributed by atoms with Crippen molar-refractivity contribution in [3.63, 3.8) is 0 Å². The Morgan fingerprint density at radius 3 is 0.825 bits per heavy atom. The van der Waals surface area contributed by atoms with Gasteiger partial charge in [0.25, 0.3) is 0 Å². The van der Waals surface area contributed by atoms with E-state index in [9.17, 15) is 14.4 Å². The van der Waals surface area contributed by atoms with Crippen LogP contribution in [-0.2, 0) is 28.6 Å². The van der Waals surface area contributed by atoms with Crippen molar-refractivity contribution in [3.8, 4) is 0 Å². The maximum atomic E-state index is 12.8. The van der Waals surface area contributed by atoms with Crippen LogP contribution in [0, 0.1) is 0 Å². The second-order valence-corrected chi connectivity index (χ2v) is 18.8. The van der Waals surface area contributed by atoms with Gasteiger partial charge in [-0.2, -0.15) is 0 Å². The summed E-state index contributed by atoms with van der Waals surface area (Å²) in [4.78, 5) is 38.0. The van der Waals surface area contributed by atoms with Crippen LogP contribution in [0.15, 0.2) is 24.3 Å². The lowest BCUT2D eigenvalue weighted by molar-refractivity contribution is -0.167. The Morgan fingerprint density at radius 2 is 0.524 bits per heavy atom. The maximum Gasteiger partial charge on any atom is 0.306 e. The van der Waals surface area contributed by atoms with Crippen LogP contribution in [0.5, 0.6) is 0 Å². The third kappa shape index (κ3) is 50.7. The molecule has 6 heteroatoms. The second-order valence-electron chi connectivity index (χ2n) is 18.8. The molecule has 0 aromatic carbocycles. The highest BCUT2D eigenvalue weighted by atomic mass is 16.6. The smallest absolute Gasteiger partial charge is 0.306 e. The Bertz CT molecular complexity index is 1020. The molecule has 0 aliphatic carbocycles. The van der Waals surface area contributed by atoms with Crippen molar-refractivity contribution >= 4 is 17.9 Å². The van der Waals surface area contributed by atoms with Gasteiger partial charge in [0.2, 0.25) is 0 Å². The predicted octanol–water partition coefficient (Wildman–Crippen LogP) is 18.3. The van der Waals surface area contributed by atoms with Crippen molar-refractivity contribution in [1.29, 1.82) is 0 Å². The van der Waals surface area contributed by atoms with E-state index in [0.29, 0.717) is 19.3 Å². The second kappa shape index (κ2) is 52.5. The summed E-state index contributed by atoms with van der Waals surface area (Å²) in [5.41, 5.74) is 0. The topological polar surface area (TPSA) is 78.9 Å². The number of unbranched alkanes of at least 4 members (excludes halogenated alkanes) is 36. The zero-order valence-corrected chi connectivity index (χ0v) is 42.4. The van der Waals surface area contributed by atoms with Gasteiger partial charge in [-0.25, -0.2) is 0 Å². The molecular formula is C57H106O6. The molecule has 6 nitrogen and oxygen atoms in total. The van der Waals surface area contributed by atoms with E-state index in [1.165, 1.54) is 193 Å². The Hall–Kier alpha value is -2.11. The molecule has 0 saturated heterocycles. The number of ether oxygens (including phenoxy) is 3. The first-order valence-corrected chi connectivity index (χ1v) is 27.8. The summed E-state index contributed by atoms with van der Waals surface area (Å²) in [6.07, 6.45) is 60.3. The van der Waals surface area contributed by atoms with Crippen molar-refractivity contribution in [1.82, 2.24) is 0 Å². The van der Waals surface area contributed by atoms with E-state index in [2.05, 4.69) is 45.1 Å². The minimum Gasteiger partial charge on any atom is -0.462 e. The van der Waals surface area contributed by atoms with Gasteiger partial charge in [0.1, 0.15) is 13.2 Å². The molecule has 1 unspecified atom stereocenters. The molecule has 0 fully saturated rings. The van der Waals surface area contributed by atoms with E-state index in [1.807, 2.05) is 0 Å². The lowest BCUT2D eigenvalue weighted by Crippen LogP contribution is -2.30. The van der Waals surface area contributed by atoms with E-state index >= 15 is 0 Å². The van der Waals surface area contributed by atoms with Crippen LogP contribution >= 0.6 is 0 Å². The molecule has 0 spiro atoms. The van der Waals surface area contributed by atoms with Crippen molar-refractivity contribution in [2.45, 2.75) is 309 Å². The summed E-state index contributed by atoms with van der Waals surface area (Å²) in [6.45, 7) is 6.61. The normalized spacial score (nSPS) is 12.1. The minimum atomic E-state index is -0.774. The van der Waals surface area contributed by atoms with Crippen LogP contribution in [-0.4, -0.2) is 37.2 Å². The van der Waals surface area contributed by atoms with Crippen molar-refractivity contribution in [2.24, 2.45) is 0 Å². The molecule has 370 valence electrons. The van der Waals surface area contributed by atoms with E-state index in [1.54, 1.807) is 0 Å². The highest BCUT2D eigenvalue weighted by Gasteiger charge is 2.19. The monoisotopic (exact) mass is 887 g/mol. The first-order chi connectivity index (χ1) is 31.0. The zero-order valence-electron chi connectivity index (χ0n) is 42.4. The molecule has 0 N–H and O–H groups in total. The fourth-order valence-electron chi connectivity index (χ4n) is 8.20. The standard InChI is InChI=1S/C57H106O6/c1-4-7-10-13-16-19-22-25-26-27-28-29-30-31-32-33-36-38-41-44-47-50-56(59)62-53-54(63-57(60)51-48-45-42-39-35-24-21-18-15-12-9-6-3)52-61-55(58)49-46-43-40-37-34-23-20-17-14-11-8-5-2/h17-18,20-21,54H,4-16,19,22-53H2,1-3H3/b20-17-,21-18-. The fourth-order valence-corrected chi connectivity index (χ4v) is 8.20. The number of allylic oxidation sites excluding steroid dienone is 4. The lowest BCUT2D eigenvalue weighted by Gasteiger charge is -2.18. The summed E-state index contributed by atoms with van der Waals surface area (Å²) in [5.74, 6) is -0.877. The molecule has 0 aromatic rings. The number of carbonyl (C=O) groups excluding carboxylic acids is 3. The van der Waals surface area contributed by atoms with E-state index in [4.69, 9.17) is 14.2 Å². The van der Waals surface area contributed by atoms with Crippen molar-refractivity contribution < 1.29 is 28.6 Å². The third-order valence-electron chi connectivity index (χ3n) is 12.4. The molecule has 0 aliphatic rings. The summed E-state index contributed by atoms with van der Waals surface area (Å²) >= 11 is 0. The molecule has 0 amide bonds. The van der Waals surface area contributed by atoms with Gasteiger partial charge in [-0.1, -0.05) is 238 Å². The first kappa shape index (κ1) is 60.9. The van der Waals surface area contributed by atoms with Gasteiger partial charge in [0.15, 0.2) is 6.10 Å². The number of rotatable bonds is 51. The van der Waals surface area contributed by atoms with E-state index in [-0.39, 0.29) is 31.1 Å². The Morgan fingerprint density at radius 1 is 0.302 bits per heavy atom. The number of carbonyl (C=O) groups is 3. The van der Waals surface area contributed by atoms with Crippen LogP contribution in [0.2, 0.25) is 0 Å². The zero-order chi connectivity index (χ0) is 45.8. The average Bonchev–Trinajstić information content (AvgIpc) is 3.28. The van der Waals surface area contributed by atoms with Crippen molar-refractivity contribution in [2.75, 3.05) is 13.2 Å². The Kier molecular flexibility index (Phi) is 50.8. The maximum absolute atomic E-state index is 12.8. The molecule has 0 aromatic heterocycles. The number of hydrogen-bond acceptors (Lipinski definition) is 6. The van der Waals surface area contributed by atoms with Gasteiger partial charge < -0.3 is 14.2 Å². The summed E-state index contributed by atoms with van der Waals surface area (Å²) in [7, 11) is 0. The average molecular weight is 887 g/mol. The molecule has 0 radical (unpaired) electrons. The molecule has 63 heavy (non-hydrogen) atoms. The SMILES string of the molecule is CCCCC/C=C\CCCCCCCC(=O)OCC(COC(=O)CCCCCCCCCCCCCCCCCCCCCCC)OC(=O)CCCCCCC/C=C\CCCCC. The minimum absolute atomic E-state index is 0.0733. The summed E-state index contributed by atoms with van der Waals surface area (Å²) in [5, 5.41) is 0. The Labute approximate surface area is 392 Å². The largest absolute Gasteiger partial charge is 0.462 e. The number of hydrogen-bond donors (Lipinski definition) is 0. The van der Waals surface area contributed by atoms with E-state index in [0.717, 1.165) is 70.6 Å². The molecule has 0 saturated carbocycles. The molecule has 1 atom stereocenters. The van der Waals surface area contributed by atoms with Gasteiger partial charge in [-0.15, -0.1) is 0 Å². The first-order valence-electron chi connectivity index (χ1n) is 27.8. The molecule has 0 aliphatic heterocycles. The predicted molar refractivity (Wildman–Crippen MR) is 270 cm³/mol. The van der Waals surface area contributed by atoms with Crippen molar-refractivity contribution in [3.05, 3.63) is 24.3 Å². The summed E-state index contributed by atoms with van der Waals surface area (Å²) < 4.78 is 16.8. The van der Waals surface area contributed by atoms with E-state index < -0.39 is 6.10 Å². The molecular weight excluding hydrogens is 781 g/mol. The van der Waals surface area contributed by atoms with Gasteiger partial charge in [-0.05, 0) is 70.6 Å². The highest BCUT2D eigenvalue weighted by molar-refractivity contribution is 5.71. The van der Waals surface area contributed by atoms with Gasteiger partial charge in [0, 0.05) is 19.3 Å². The summed E-state index contributed by atoms with van der Waals surface area (Å²) in [6, 6.07) is 0. The van der Waals surface area contributed by atoms with Crippen LogP contribution in [0.25, 0.3) is 0 Å². The fraction of sp³-hybridized carbons (Fsp3) is 0.877. The molecule has 0 bridgehead atoms.